The van der Waals surface area contributed by atoms with Gasteiger partial charge in [0.15, 0.2) is 0 Å². The molecule has 0 saturated heterocycles. The molecule has 1 atom stereocenters. The van der Waals surface area contributed by atoms with E-state index in [1.807, 2.05) is 54.6 Å². The first-order valence-electron chi connectivity index (χ1n) is 12.0. The van der Waals surface area contributed by atoms with Crippen LogP contribution < -0.4 is 14.2 Å². The van der Waals surface area contributed by atoms with E-state index in [0.717, 1.165) is 56.2 Å². The number of hydrogen-bond donors (Lipinski definition) is 0. The molecule has 0 aromatic heterocycles. The second-order valence-corrected chi connectivity index (χ2v) is 7.99. The van der Waals surface area contributed by atoms with Crippen LogP contribution in [-0.2, 0) is 0 Å². The summed E-state index contributed by atoms with van der Waals surface area (Å²) in [6.45, 7) is 8.14. The summed E-state index contributed by atoms with van der Waals surface area (Å²) < 4.78 is 17.1. The van der Waals surface area contributed by atoms with Crippen molar-refractivity contribution in [3.63, 3.8) is 0 Å². The molecule has 2 aromatic rings. The van der Waals surface area contributed by atoms with Gasteiger partial charge in [-0.25, -0.2) is 0 Å². The van der Waals surface area contributed by atoms with Gasteiger partial charge in [-0.3, -0.25) is 4.90 Å². The van der Waals surface area contributed by atoms with Gasteiger partial charge in [-0.2, -0.15) is 0 Å². The molecule has 0 spiro atoms. The standard InChI is InChI=1S/C27H41NO3/c1-4-6-7-11-20-28(21-23-31-27-18-16-25(29-3)17-19-27)24(5-2)13-12-22-30-26-14-9-8-10-15-26/h8-10,14-19,24H,4-7,11-13,20-23H2,1-3H3. The number of unbranched alkanes of at least 4 members (excludes halogenated alkanes) is 3. The zero-order valence-corrected chi connectivity index (χ0v) is 19.7. The predicted molar refractivity (Wildman–Crippen MR) is 129 cm³/mol. The molecule has 0 fully saturated rings. The van der Waals surface area contributed by atoms with Crippen molar-refractivity contribution in [1.29, 1.82) is 0 Å². The van der Waals surface area contributed by atoms with Crippen molar-refractivity contribution in [3.8, 4) is 17.2 Å². The smallest absolute Gasteiger partial charge is 0.119 e. The van der Waals surface area contributed by atoms with Crippen molar-refractivity contribution >= 4 is 0 Å². The van der Waals surface area contributed by atoms with Crippen molar-refractivity contribution in [2.24, 2.45) is 0 Å². The van der Waals surface area contributed by atoms with E-state index in [-0.39, 0.29) is 0 Å². The highest BCUT2D eigenvalue weighted by molar-refractivity contribution is 5.31. The zero-order chi connectivity index (χ0) is 22.2. The number of nitrogens with zero attached hydrogens (tertiary/aromatic N) is 1. The molecule has 0 radical (unpaired) electrons. The van der Waals surface area contributed by atoms with Crippen LogP contribution in [0.1, 0.15) is 58.8 Å². The monoisotopic (exact) mass is 427 g/mol. The lowest BCUT2D eigenvalue weighted by Gasteiger charge is -2.31. The second-order valence-electron chi connectivity index (χ2n) is 7.99. The maximum Gasteiger partial charge on any atom is 0.119 e. The van der Waals surface area contributed by atoms with Gasteiger partial charge in [0.25, 0.3) is 0 Å². The molecule has 0 aliphatic carbocycles. The van der Waals surface area contributed by atoms with Gasteiger partial charge < -0.3 is 14.2 Å². The maximum absolute atomic E-state index is 6.02. The van der Waals surface area contributed by atoms with Gasteiger partial charge in [0.1, 0.15) is 23.9 Å². The van der Waals surface area contributed by atoms with Crippen molar-refractivity contribution < 1.29 is 14.2 Å². The van der Waals surface area contributed by atoms with E-state index in [4.69, 9.17) is 14.2 Å². The predicted octanol–water partition coefficient (Wildman–Crippen LogP) is 6.59. The second kappa shape index (κ2) is 15.6. The highest BCUT2D eigenvalue weighted by Crippen LogP contribution is 2.18. The molecule has 1 unspecified atom stereocenters. The third-order valence-corrected chi connectivity index (χ3v) is 5.69. The average Bonchev–Trinajstić information content (AvgIpc) is 2.82. The summed E-state index contributed by atoms with van der Waals surface area (Å²) in [4.78, 5) is 2.63. The Kier molecular flexibility index (Phi) is 12.6. The topological polar surface area (TPSA) is 30.9 Å². The Morgan fingerprint density at radius 1 is 0.710 bits per heavy atom. The summed E-state index contributed by atoms with van der Waals surface area (Å²) in [5.41, 5.74) is 0. The first kappa shape index (κ1) is 25.1. The van der Waals surface area contributed by atoms with Crippen LogP contribution in [0.2, 0.25) is 0 Å². The first-order valence-corrected chi connectivity index (χ1v) is 12.0. The van der Waals surface area contributed by atoms with Gasteiger partial charge in [-0.1, -0.05) is 51.3 Å². The third kappa shape index (κ3) is 10.1. The largest absolute Gasteiger partial charge is 0.497 e. The fourth-order valence-electron chi connectivity index (χ4n) is 3.84. The minimum absolute atomic E-state index is 0.570. The SMILES string of the molecule is CCCCCCN(CCOc1ccc(OC)cc1)C(CC)CCCOc1ccccc1. The molecular formula is C27H41NO3. The van der Waals surface area contributed by atoms with E-state index in [1.54, 1.807) is 7.11 Å². The van der Waals surface area contributed by atoms with Crippen LogP contribution in [0.3, 0.4) is 0 Å². The van der Waals surface area contributed by atoms with Gasteiger partial charge in [0.2, 0.25) is 0 Å². The van der Waals surface area contributed by atoms with Gasteiger partial charge in [0, 0.05) is 12.6 Å². The van der Waals surface area contributed by atoms with E-state index >= 15 is 0 Å². The van der Waals surface area contributed by atoms with E-state index in [1.165, 1.54) is 25.7 Å². The minimum atomic E-state index is 0.570. The summed E-state index contributed by atoms with van der Waals surface area (Å²) in [6, 6.07) is 18.5. The number of rotatable bonds is 17. The molecule has 4 nitrogen and oxygen atoms in total. The van der Waals surface area contributed by atoms with Crippen LogP contribution in [0.15, 0.2) is 54.6 Å². The van der Waals surface area contributed by atoms with Crippen LogP contribution in [0, 0.1) is 0 Å². The van der Waals surface area contributed by atoms with Crippen LogP contribution in [-0.4, -0.2) is 44.4 Å². The van der Waals surface area contributed by atoms with Gasteiger partial charge in [-0.05, 0) is 68.6 Å². The lowest BCUT2D eigenvalue weighted by molar-refractivity contribution is 0.139. The quantitative estimate of drug-likeness (QED) is 0.266. The molecule has 4 heteroatoms. The van der Waals surface area contributed by atoms with Crippen LogP contribution >= 0.6 is 0 Å². The van der Waals surface area contributed by atoms with E-state index in [0.29, 0.717) is 12.6 Å². The summed E-state index contributed by atoms with van der Waals surface area (Å²) in [7, 11) is 1.68. The molecule has 2 aromatic carbocycles. The molecule has 172 valence electrons. The molecule has 0 aliphatic heterocycles. The molecule has 0 heterocycles. The normalized spacial score (nSPS) is 12.0. The van der Waals surface area contributed by atoms with E-state index in [9.17, 15) is 0 Å². The summed E-state index contributed by atoms with van der Waals surface area (Å²) in [5.74, 6) is 2.71. The highest BCUT2D eigenvalue weighted by atomic mass is 16.5. The third-order valence-electron chi connectivity index (χ3n) is 5.69. The maximum atomic E-state index is 6.02. The number of para-hydroxylation sites is 1. The Morgan fingerprint density at radius 3 is 2.06 bits per heavy atom. The lowest BCUT2D eigenvalue weighted by atomic mass is 10.1. The molecule has 31 heavy (non-hydrogen) atoms. The molecular weight excluding hydrogens is 386 g/mol. The Balaban J connectivity index is 1.80. The molecule has 0 aliphatic rings. The number of ether oxygens (including phenoxy) is 3. The minimum Gasteiger partial charge on any atom is -0.497 e. The van der Waals surface area contributed by atoms with Crippen molar-refractivity contribution in [2.45, 2.75) is 64.8 Å². The summed E-state index contributed by atoms with van der Waals surface area (Å²) >= 11 is 0. The van der Waals surface area contributed by atoms with E-state index in [2.05, 4.69) is 18.7 Å². The average molecular weight is 428 g/mol. The Morgan fingerprint density at radius 2 is 1.39 bits per heavy atom. The highest BCUT2D eigenvalue weighted by Gasteiger charge is 2.16. The lowest BCUT2D eigenvalue weighted by Crippen LogP contribution is -2.39. The van der Waals surface area contributed by atoms with Crippen molar-refractivity contribution in [3.05, 3.63) is 54.6 Å². The van der Waals surface area contributed by atoms with Crippen LogP contribution in [0.25, 0.3) is 0 Å². The zero-order valence-electron chi connectivity index (χ0n) is 19.7. The number of hydrogen-bond acceptors (Lipinski definition) is 4. The molecule has 0 bridgehead atoms. The Labute approximate surface area is 189 Å². The molecule has 0 N–H and O–H groups in total. The van der Waals surface area contributed by atoms with Crippen molar-refractivity contribution in [1.82, 2.24) is 4.90 Å². The summed E-state index contributed by atoms with van der Waals surface area (Å²) in [5, 5.41) is 0. The molecule has 0 amide bonds. The Bertz CT molecular complexity index is 675. The van der Waals surface area contributed by atoms with Gasteiger partial charge >= 0.3 is 0 Å². The fraction of sp³-hybridized carbons (Fsp3) is 0.556. The van der Waals surface area contributed by atoms with E-state index < -0.39 is 0 Å². The van der Waals surface area contributed by atoms with Crippen LogP contribution in [0.4, 0.5) is 0 Å². The summed E-state index contributed by atoms with van der Waals surface area (Å²) in [6.07, 6.45) is 8.53. The van der Waals surface area contributed by atoms with Gasteiger partial charge in [-0.15, -0.1) is 0 Å². The fourth-order valence-corrected chi connectivity index (χ4v) is 3.84. The van der Waals surface area contributed by atoms with Crippen molar-refractivity contribution in [2.75, 3.05) is 33.4 Å². The Hall–Kier alpha value is -2.20. The van der Waals surface area contributed by atoms with Crippen LogP contribution in [0.5, 0.6) is 17.2 Å². The number of methoxy groups -OCH3 is 1. The van der Waals surface area contributed by atoms with Gasteiger partial charge in [0.05, 0.1) is 13.7 Å². The molecule has 2 rings (SSSR count). The first-order chi connectivity index (χ1) is 15.3. The molecule has 0 saturated carbocycles. The number of benzene rings is 2.